The van der Waals surface area contributed by atoms with Crippen molar-refractivity contribution in [3.05, 3.63) is 141 Å². The molecule has 0 aliphatic rings. The van der Waals surface area contributed by atoms with Crippen LogP contribution in [0.15, 0.2) is 130 Å². The molecule has 10 heteroatoms. The first-order valence-corrected chi connectivity index (χ1v) is 14.3. The summed E-state index contributed by atoms with van der Waals surface area (Å²) in [6, 6.07) is 34.5. The fourth-order valence-corrected chi connectivity index (χ4v) is 4.59. The molecule has 0 aliphatic carbocycles. The van der Waals surface area contributed by atoms with Crippen LogP contribution in [0.3, 0.4) is 0 Å². The van der Waals surface area contributed by atoms with Gasteiger partial charge in [0.1, 0.15) is 34.1 Å². The number of fused-ring (bicyclic) bond motifs is 2. The first kappa shape index (κ1) is 45.1. The quantitative estimate of drug-likeness (QED) is 0.101. The molecule has 0 saturated carbocycles. The van der Waals surface area contributed by atoms with Crippen LogP contribution in [0.1, 0.15) is 50.4 Å². The standard InChI is InChI=1S/C11H8O3.C10H7BrO.C7H6O3.C6H5BrO.4CH4/c12-9-6-5-7-3-1-2-4-8(7)10(9)11(13)14;11-10-8-4-2-1-3-7(8)5-6-9(10)12;8-6-4-2-1-3-5(6)7(9)10;7-5-3-1-2-4-6(5)8;;;;/h1-6,12H,(H,13,14);1-6,12H;1-4,8H,(H,9,10);1-4,8H;4*1H4. The molecule has 6 rings (SSSR count). The zero-order valence-electron chi connectivity index (χ0n) is 22.8. The maximum absolute atomic E-state index is 10.9. The van der Waals surface area contributed by atoms with Gasteiger partial charge in [0.2, 0.25) is 0 Å². The third-order valence-corrected chi connectivity index (χ3v) is 7.45. The number of aromatic carboxylic acids is 2. The Kier molecular flexibility index (Phi) is 20.4. The van der Waals surface area contributed by atoms with Crippen LogP contribution in [0, 0.1) is 0 Å². The molecule has 6 N–H and O–H groups in total. The minimum atomic E-state index is -1.11. The van der Waals surface area contributed by atoms with Gasteiger partial charge in [0, 0.05) is 0 Å². The molecular weight excluding hydrogens is 744 g/mol. The summed E-state index contributed by atoms with van der Waals surface area (Å²) in [5.74, 6) is -2.05. The Hall–Kier alpha value is -5.06. The Morgan fingerprint density at radius 1 is 0.438 bits per heavy atom. The van der Waals surface area contributed by atoms with Crippen LogP contribution in [0.2, 0.25) is 0 Å². The molecule has 6 aromatic rings. The summed E-state index contributed by atoms with van der Waals surface area (Å²) in [5, 5.41) is 57.4. The highest BCUT2D eigenvalue weighted by Crippen LogP contribution is 2.31. The second kappa shape index (κ2) is 21.7. The van der Waals surface area contributed by atoms with Crippen LogP contribution < -0.4 is 0 Å². The molecule has 0 atom stereocenters. The zero-order chi connectivity index (χ0) is 32.2. The van der Waals surface area contributed by atoms with Crippen molar-refractivity contribution in [3.8, 4) is 23.0 Å². The number of hydrogen-bond acceptors (Lipinski definition) is 6. The van der Waals surface area contributed by atoms with E-state index < -0.39 is 11.9 Å². The Bertz CT molecular complexity index is 1890. The predicted molar refractivity (Wildman–Crippen MR) is 204 cm³/mol. The summed E-state index contributed by atoms with van der Waals surface area (Å²) in [7, 11) is 0. The maximum Gasteiger partial charge on any atom is 0.340 e. The molecule has 0 saturated heterocycles. The van der Waals surface area contributed by atoms with Crippen molar-refractivity contribution in [3.63, 3.8) is 0 Å². The Labute approximate surface area is 298 Å². The van der Waals surface area contributed by atoms with E-state index in [9.17, 15) is 19.8 Å². The number of rotatable bonds is 2. The molecule has 8 nitrogen and oxygen atoms in total. The summed E-state index contributed by atoms with van der Waals surface area (Å²) in [5.41, 5.74) is -0.106. The average molecular weight is 787 g/mol. The number of phenolic OH excluding ortho intramolecular Hbond substituents is 2. The number of benzene rings is 6. The fourth-order valence-electron chi connectivity index (χ4n) is 3.81. The Morgan fingerprint density at radius 3 is 1.33 bits per heavy atom. The van der Waals surface area contributed by atoms with Crippen LogP contribution in [-0.4, -0.2) is 42.6 Å². The number of carbonyl (C=O) groups is 2. The molecule has 48 heavy (non-hydrogen) atoms. The van der Waals surface area contributed by atoms with E-state index in [0.29, 0.717) is 5.39 Å². The number of aromatic hydroxyl groups is 4. The van der Waals surface area contributed by atoms with Crippen molar-refractivity contribution in [2.45, 2.75) is 29.7 Å². The van der Waals surface area contributed by atoms with Gasteiger partial charge in [0.05, 0.1) is 8.95 Å². The van der Waals surface area contributed by atoms with E-state index in [1.807, 2.05) is 42.5 Å². The highest BCUT2D eigenvalue weighted by atomic mass is 79.9. The number of phenols is 4. The van der Waals surface area contributed by atoms with Crippen molar-refractivity contribution in [1.29, 1.82) is 0 Å². The normalized spacial score (nSPS) is 9.04. The molecule has 0 aliphatic heterocycles. The third kappa shape index (κ3) is 12.3. The largest absolute Gasteiger partial charge is 0.507 e. The minimum Gasteiger partial charge on any atom is -0.507 e. The number of carboxylic acids is 2. The van der Waals surface area contributed by atoms with Gasteiger partial charge in [-0.15, -0.1) is 0 Å². The zero-order valence-corrected chi connectivity index (χ0v) is 26.0. The molecule has 256 valence electrons. The summed E-state index contributed by atoms with van der Waals surface area (Å²) >= 11 is 6.48. The van der Waals surface area contributed by atoms with E-state index in [4.69, 9.17) is 20.4 Å². The van der Waals surface area contributed by atoms with Crippen LogP contribution in [0.5, 0.6) is 23.0 Å². The molecule has 6 aromatic carbocycles. The van der Waals surface area contributed by atoms with Gasteiger partial charge in [-0.3, -0.25) is 0 Å². The van der Waals surface area contributed by atoms with Crippen LogP contribution in [0.4, 0.5) is 0 Å². The summed E-state index contributed by atoms with van der Waals surface area (Å²) in [6.45, 7) is 0. The molecule has 0 heterocycles. The van der Waals surface area contributed by atoms with Gasteiger partial charge in [0.25, 0.3) is 0 Å². The second-order valence-electron chi connectivity index (χ2n) is 8.88. The summed E-state index contributed by atoms with van der Waals surface area (Å²) in [6.07, 6.45) is 0. The van der Waals surface area contributed by atoms with Gasteiger partial charge in [-0.1, -0.05) is 115 Å². The smallest absolute Gasteiger partial charge is 0.340 e. The fraction of sp³-hybridized carbons (Fsp3) is 0.105. The maximum atomic E-state index is 10.9. The van der Waals surface area contributed by atoms with Crippen molar-refractivity contribution in [2.24, 2.45) is 0 Å². The lowest BCUT2D eigenvalue weighted by Gasteiger charge is -2.03. The van der Waals surface area contributed by atoms with Crippen molar-refractivity contribution < 1.29 is 40.2 Å². The lowest BCUT2D eigenvalue weighted by molar-refractivity contribution is 0.0683. The molecule has 0 fully saturated rings. The molecule has 0 radical (unpaired) electrons. The Morgan fingerprint density at radius 2 is 0.875 bits per heavy atom. The van der Waals surface area contributed by atoms with Gasteiger partial charge < -0.3 is 30.6 Å². The van der Waals surface area contributed by atoms with Gasteiger partial charge in [-0.05, 0) is 89.8 Å². The summed E-state index contributed by atoms with van der Waals surface area (Å²) < 4.78 is 1.50. The lowest BCUT2D eigenvalue weighted by Crippen LogP contribution is -1.97. The van der Waals surface area contributed by atoms with Crippen molar-refractivity contribution >= 4 is 65.3 Å². The van der Waals surface area contributed by atoms with Gasteiger partial charge in [-0.25, -0.2) is 9.59 Å². The highest BCUT2D eigenvalue weighted by Gasteiger charge is 2.13. The number of para-hydroxylation sites is 2. The second-order valence-corrected chi connectivity index (χ2v) is 10.5. The van der Waals surface area contributed by atoms with Gasteiger partial charge >= 0.3 is 11.9 Å². The molecule has 0 spiro atoms. The number of carboxylic acid groups (broad SMARTS) is 2. The SMILES string of the molecule is C.C.C.C.O=C(O)c1c(O)ccc2ccccc12.O=C(O)c1ccccc1O.Oc1ccc2ccccc2c1Br.Oc1ccccc1Br. The van der Waals surface area contributed by atoms with E-state index in [2.05, 4.69) is 31.9 Å². The van der Waals surface area contributed by atoms with E-state index in [1.165, 1.54) is 18.2 Å². The Balaban J connectivity index is 0. The van der Waals surface area contributed by atoms with Crippen LogP contribution in [0.25, 0.3) is 21.5 Å². The average Bonchev–Trinajstić information content (AvgIpc) is 3.01. The predicted octanol–water partition coefficient (Wildman–Crippen LogP) is 11.3. The lowest BCUT2D eigenvalue weighted by atomic mass is 10.0. The van der Waals surface area contributed by atoms with Gasteiger partial charge in [-0.2, -0.15) is 0 Å². The molecule has 0 unspecified atom stereocenters. The van der Waals surface area contributed by atoms with E-state index in [-0.39, 0.29) is 63.8 Å². The van der Waals surface area contributed by atoms with Crippen LogP contribution in [-0.2, 0) is 0 Å². The van der Waals surface area contributed by atoms with E-state index in [1.54, 1.807) is 60.7 Å². The summed E-state index contributed by atoms with van der Waals surface area (Å²) in [4.78, 5) is 21.1. The van der Waals surface area contributed by atoms with E-state index >= 15 is 0 Å². The number of halogens is 2. The molecule has 0 aromatic heterocycles. The van der Waals surface area contributed by atoms with Crippen molar-refractivity contribution in [2.75, 3.05) is 0 Å². The third-order valence-electron chi connectivity index (χ3n) is 5.95. The number of hydrogen-bond donors (Lipinski definition) is 6. The molecule has 0 amide bonds. The van der Waals surface area contributed by atoms with Crippen molar-refractivity contribution in [1.82, 2.24) is 0 Å². The monoisotopic (exact) mass is 784 g/mol. The molecular formula is C38H42Br2O8. The topological polar surface area (TPSA) is 156 Å². The first-order chi connectivity index (χ1) is 21.0. The minimum absolute atomic E-state index is 0. The first-order valence-electron chi connectivity index (χ1n) is 12.8. The molecule has 0 bridgehead atoms. The van der Waals surface area contributed by atoms with E-state index in [0.717, 1.165) is 25.1 Å². The van der Waals surface area contributed by atoms with Crippen LogP contribution >= 0.6 is 31.9 Å². The highest BCUT2D eigenvalue weighted by molar-refractivity contribution is 9.11. The van der Waals surface area contributed by atoms with Gasteiger partial charge in [0.15, 0.2) is 0 Å².